The minimum Gasteiger partial charge on any atom is -0.494 e. The van der Waals surface area contributed by atoms with Gasteiger partial charge in [-0.15, -0.1) is 0 Å². The molecule has 0 atom stereocenters. The summed E-state index contributed by atoms with van der Waals surface area (Å²) in [4.78, 5) is 32.7. The van der Waals surface area contributed by atoms with Gasteiger partial charge in [0.25, 0.3) is 0 Å². The lowest BCUT2D eigenvalue weighted by molar-refractivity contribution is -0.123. The molecule has 5 heterocycles. The third-order valence-corrected chi connectivity index (χ3v) is 9.57. The monoisotopic (exact) mass is 728 g/mol. The molecule has 0 aliphatic carbocycles. The normalized spacial score (nSPS) is 15.3. The quantitative estimate of drug-likeness (QED) is 0.141. The Kier molecular flexibility index (Phi) is 14.1. The van der Waals surface area contributed by atoms with Gasteiger partial charge in [-0.1, -0.05) is 32.9 Å². The summed E-state index contributed by atoms with van der Waals surface area (Å²) < 4.78 is 23.5. The smallest absolute Gasteiger partial charge is 0.411 e. The molecule has 12 nitrogen and oxygen atoms in total. The van der Waals surface area contributed by atoms with Crippen molar-refractivity contribution >= 4 is 40.2 Å². The minimum absolute atomic E-state index is 0.00313. The van der Waals surface area contributed by atoms with Crippen LogP contribution < -0.4 is 20.7 Å². The number of benzene rings is 1. The van der Waals surface area contributed by atoms with Gasteiger partial charge >= 0.3 is 6.09 Å². The first-order chi connectivity index (χ1) is 25.5. The molecule has 1 aromatic carbocycles. The molecule has 6 rings (SSSR count). The van der Waals surface area contributed by atoms with E-state index in [0.29, 0.717) is 24.1 Å². The molecular weight excluding hydrogens is 672 g/mol. The summed E-state index contributed by atoms with van der Waals surface area (Å²) in [6.45, 7) is 15.5. The minimum atomic E-state index is -0.502. The van der Waals surface area contributed by atoms with Gasteiger partial charge in [0.15, 0.2) is 0 Å². The summed E-state index contributed by atoms with van der Waals surface area (Å²) in [7, 11) is 1.35. The fraction of sp³-hybridized carbons (Fsp3) is 0.512. The topological polar surface area (TPSA) is 138 Å². The summed E-state index contributed by atoms with van der Waals surface area (Å²) >= 11 is 0. The number of pyridine rings is 2. The van der Waals surface area contributed by atoms with Crippen LogP contribution in [-0.2, 0) is 32.0 Å². The zero-order valence-electron chi connectivity index (χ0n) is 32.1. The number of aryl methyl sites for hydroxylation is 1. The van der Waals surface area contributed by atoms with E-state index in [9.17, 15) is 9.59 Å². The molecule has 2 aliphatic rings. The molecule has 0 unspecified atom stereocenters. The molecule has 2 fully saturated rings. The Labute approximate surface area is 313 Å². The van der Waals surface area contributed by atoms with E-state index in [4.69, 9.17) is 18.9 Å². The molecule has 0 bridgehead atoms. The van der Waals surface area contributed by atoms with E-state index in [2.05, 4.69) is 48.7 Å². The van der Waals surface area contributed by atoms with Crippen LogP contribution in [0.1, 0.15) is 70.2 Å². The molecule has 0 spiro atoms. The van der Waals surface area contributed by atoms with Crippen molar-refractivity contribution < 1.29 is 28.5 Å². The second kappa shape index (κ2) is 18.9. The van der Waals surface area contributed by atoms with Gasteiger partial charge in [-0.2, -0.15) is 0 Å². The van der Waals surface area contributed by atoms with Gasteiger partial charge in [0.1, 0.15) is 17.2 Å². The van der Waals surface area contributed by atoms with E-state index in [1.807, 2.05) is 58.9 Å². The van der Waals surface area contributed by atoms with Crippen molar-refractivity contribution in [2.75, 3.05) is 62.6 Å². The van der Waals surface area contributed by atoms with Gasteiger partial charge in [-0.3, -0.25) is 10.1 Å². The molecule has 12 heteroatoms. The number of rotatable bonds is 11. The number of methoxy groups -OCH3 is 1. The van der Waals surface area contributed by atoms with Crippen molar-refractivity contribution in [1.29, 1.82) is 0 Å². The number of hydrogen-bond acceptors (Lipinski definition) is 9. The van der Waals surface area contributed by atoms with Crippen molar-refractivity contribution in [1.82, 2.24) is 14.5 Å². The predicted molar refractivity (Wildman–Crippen MR) is 209 cm³/mol. The van der Waals surface area contributed by atoms with E-state index in [-0.39, 0.29) is 5.91 Å². The lowest BCUT2D eigenvalue weighted by Crippen LogP contribution is -2.27. The van der Waals surface area contributed by atoms with Gasteiger partial charge in [0.05, 0.1) is 37.5 Å². The SMILES string of the molecule is CCOc1ccc(Cc2cc3cc(NC(=O)OC)cnc3n2CC2CCOCC2)cc1.Cc1cc(NC(=O)C(C)(C)C)cnc1NCC1CCOCC1. The number of aromatic nitrogens is 3. The van der Waals surface area contributed by atoms with Gasteiger partial charge in [-0.05, 0) is 92.8 Å². The van der Waals surface area contributed by atoms with E-state index < -0.39 is 11.5 Å². The van der Waals surface area contributed by atoms with Crippen molar-refractivity contribution in [3.05, 3.63) is 71.7 Å². The average molecular weight is 729 g/mol. The van der Waals surface area contributed by atoms with Crippen LogP contribution in [0.3, 0.4) is 0 Å². The van der Waals surface area contributed by atoms with Crippen molar-refractivity contribution in [2.24, 2.45) is 17.3 Å². The summed E-state index contributed by atoms with van der Waals surface area (Å²) in [6.07, 6.45) is 8.01. The lowest BCUT2D eigenvalue weighted by atomic mass is 9.95. The molecule has 286 valence electrons. The van der Waals surface area contributed by atoms with E-state index in [1.165, 1.54) is 18.4 Å². The van der Waals surface area contributed by atoms with Gasteiger partial charge < -0.3 is 34.1 Å². The summed E-state index contributed by atoms with van der Waals surface area (Å²) in [5.41, 5.74) is 5.35. The van der Waals surface area contributed by atoms with Gasteiger partial charge in [0, 0.05) is 62.4 Å². The number of amides is 2. The fourth-order valence-corrected chi connectivity index (χ4v) is 6.39. The first-order valence-electron chi connectivity index (χ1n) is 18.7. The summed E-state index contributed by atoms with van der Waals surface area (Å²) in [5.74, 6) is 2.99. The van der Waals surface area contributed by atoms with Crippen LogP contribution in [0.25, 0.3) is 11.0 Å². The Bertz CT molecular complexity index is 1790. The van der Waals surface area contributed by atoms with Gasteiger partial charge in [0.2, 0.25) is 5.91 Å². The van der Waals surface area contributed by atoms with E-state index >= 15 is 0 Å². The maximum atomic E-state index is 12.0. The highest BCUT2D eigenvalue weighted by molar-refractivity contribution is 5.94. The highest BCUT2D eigenvalue weighted by Crippen LogP contribution is 2.28. The van der Waals surface area contributed by atoms with Crippen LogP contribution in [0, 0.1) is 24.2 Å². The van der Waals surface area contributed by atoms with Crippen molar-refractivity contribution in [3.8, 4) is 5.75 Å². The van der Waals surface area contributed by atoms with E-state index in [0.717, 1.165) is 105 Å². The number of carbonyl (C=O) groups is 2. The molecule has 2 amide bonds. The van der Waals surface area contributed by atoms with Crippen molar-refractivity contribution in [3.63, 3.8) is 0 Å². The molecule has 2 saturated heterocycles. The van der Waals surface area contributed by atoms with Crippen LogP contribution in [0.5, 0.6) is 5.75 Å². The number of fused-ring (bicyclic) bond motifs is 1. The Morgan fingerprint density at radius 1 is 0.887 bits per heavy atom. The second-order valence-corrected chi connectivity index (χ2v) is 14.8. The van der Waals surface area contributed by atoms with Crippen molar-refractivity contribution in [2.45, 2.75) is 73.3 Å². The Morgan fingerprint density at radius 2 is 1.53 bits per heavy atom. The third kappa shape index (κ3) is 11.7. The van der Waals surface area contributed by atoms with Crippen LogP contribution in [0.2, 0.25) is 0 Å². The maximum absolute atomic E-state index is 12.0. The summed E-state index contributed by atoms with van der Waals surface area (Å²) in [5, 5.41) is 10.0. The highest BCUT2D eigenvalue weighted by atomic mass is 16.5. The lowest BCUT2D eigenvalue weighted by Gasteiger charge is -2.24. The Morgan fingerprint density at radius 3 is 2.15 bits per heavy atom. The van der Waals surface area contributed by atoms with Gasteiger partial charge in [-0.25, -0.2) is 14.8 Å². The number of nitrogens with one attached hydrogen (secondary N) is 3. The molecule has 2 aliphatic heterocycles. The zero-order chi connectivity index (χ0) is 37.8. The highest BCUT2D eigenvalue weighted by Gasteiger charge is 2.22. The number of hydrogen-bond donors (Lipinski definition) is 3. The van der Waals surface area contributed by atoms with Crippen LogP contribution in [0.4, 0.5) is 22.0 Å². The summed E-state index contributed by atoms with van der Waals surface area (Å²) in [6, 6.07) is 14.3. The first-order valence-corrected chi connectivity index (χ1v) is 18.7. The first kappa shape index (κ1) is 39.5. The number of ether oxygens (including phenoxy) is 4. The molecule has 53 heavy (non-hydrogen) atoms. The third-order valence-electron chi connectivity index (χ3n) is 9.57. The average Bonchev–Trinajstić information content (AvgIpc) is 3.48. The van der Waals surface area contributed by atoms with Crippen LogP contribution in [0.15, 0.2) is 54.9 Å². The maximum Gasteiger partial charge on any atom is 0.411 e. The number of carbonyl (C=O) groups excluding carboxylic acids is 2. The predicted octanol–water partition coefficient (Wildman–Crippen LogP) is 7.84. The Balaban J connectivity index is 0.000000217. The number of nitrogens with zero attached hydrogens (tertiary/aromatic N) is 3. The zero-order valence-corrected chi connectivity index (χ0v) is 32.1. The van der Waals surface area contributed by atoms with Crippen LogP contribution in [-0.4, -0.2) is 73.2 Å². The molecular formula is C41H56N6O6. The number of anilines is 3. The molecule has 4 aromatic rings. The Hall–Kier alpha value is -4.68. The van der Waals surface area contributed by atoms with E-state index in [1.54, 1.807) is 12.4 Å². The second-order valence-electron chi connectivity index (χ2n) is 14.8. The fourth-order valence-electron chi connectivity index (χ4n) is 6.39. The molecule has 0 radical (unpaired) electrons. The van der Waals surface area contributed by atoms with Crippen LogP contribution >= 0.6 is 0 Å². The molecule has 3 N–H and O–H groups in total. The molecule has 3 aromatic heterocycles. The standard InChI is InChI=1S/C24H29N3O4.C17H27N3O2/c1-3-31-22-6-4-17(5-7-22)12-21-14-19-13-20(26-24(28)29-2)15-25-23(19)27(21)16-18-8-10-30-11-9-18;1-12-9-14(20-16(21)17(2,3)4)11-19-15(12)18-10-13-5-7-22-8-6-13/h4-7,13-15,18H,3,8-12,16H2,1-2H3,(H,26,28);9,11,13H,5-8,10H2,1-4H3,(H,18,19)(H,20,21). The largest absolute Gasteiger partial charge is 0.494 e. The molecule has 0 saturated carbocycles.